The first-order valence-electron chi connectivity index (χ1n) is 8.95. The Morgan fingerprint density at radius 3 is 2.41 bits per heavy atom. The Balaban J connectivity index is 1.46. The standard InChI is InChI=1S/C23H23NO3/c1-18-10-12-21(13-11-18)26-15-14-24-23(25)20-8-5-9-22(16-20)27-17-19-6-3-2-4-7-19/h2-13,16H,14-15,17H2,1H3,(H,24,25). The van der Waals surface area contributed by atoms with Crippen molar-refractivity contribution in [2.75, 3.05) is 13.2 Å². The minimum atomic E-state index is -0.146. The Morgan fingerprint density at radius 2 is 1.63 bits per heavy atom. The van der Waals surface area contributed by atoms with E-state index in [-0.39, 0.29) is 5.91 Å². The molecule has 1 N–H and O–H groups in total. The largest absolute Gasteiger partial charge is 0.492 e. The normalized spacial score (nSPS) is 10.3. The van der Waals surface area contributed by atoms with Crippen molar-refractivity contribution < 1.29 is 14.3 Å². The topological polar surface area (TPSA) is 47.6 Å². The van der Waals surface area contributed by atoms with Crippen LogP contribution in [0.25, 0.3) is 0 Å². The molecule has 3 aromatic carbocycles. The van der Waals surface area contributed by atoms with Gasteiger partial charge >= 0.3 is 0 Å². The van der Waals surface area contributed by atoms with Gasteiger partial charge in [0, 0.05) is 5.56 Å². The van der Waals surface area contributed by atoms with Crippen LogP contribution in [0.2, 0.25) is 0 Å². The van der Waals surface area contributed by atoms with E-state index < -0.39 is 0 Å². The van der Waals surface area contributed by atoms with Gasteiger partial charge in [0.05, 0.1) is 6.54 Å². The van der Waals surface area contributed by atoms with Gasteiger partial charge in [-0.2, -0.15) is 0 Å². The maximum atomic E-state index is 12.3. The number of ether oxygens (including phenoxy) is 2. The van der Waals surface area contributed by atoms with Crippen LogP contribution >= 0.6 is 0 Å². The van der Waals surface area contributed by atoms with Crippen molar-refractivity contribution in [2.24, 2.45) is 0 Å². The highest BCUT2D eigenvalue weighted by Gasteiger charge is 2.06. The predicted molar refractivity (Wildman–Crippen MR) is 106 cm³/mol. The highest BCUT2D eigenvalue weighted by Crippen LogP contribution is 2.15. The number of hydrogen-bond acceptors (Lipinski definition) is 3. The summed E-state index contributed by atoms with van der Waals surface area (Å²) >= 11 is 0. The van der Waals surface area contributed by atoms with Crippen molar-refractivity contribution >= 4 is 5.91 Å². The summed E-state index contributed by atoms with van der Waals surface area (Å²) in [4.78, 5) is 12.3. The average Bonchev–Trinajstić information content (AvgIpc) is 2.72. The number of benzene rings is 3. The average molecular weight is 361 g/mol. The highest BCUT2D eigenvalue weighted by molar-refractivity contribution is 5.94. The van der Waals surface area contributed by atoms with E-state index in [1.807, 2.05) is 73.7 Å². The molecule has 0 aliphatic rings. The van der Waals surface area contributed by atoms with E-state index in [2.05, 4.69) is 5.32 Å². The number of nitrogens with one attached hydrogen (secondary N) is 1. The minimum Gasteiger partial charge on any atom is -0.492 e. The molecule has 3 rings (SSSR count). The zero-order valence-electron chi connectivity index (χ0n) is 15.4. The second kappa shape index (κ2) is 9.43. The molecule has 3 aromatic rings. The Bertz CT molecular complexity index is 860. The molecule has 1 amide bonds. The molecule has 0 bridgehead atoms. The van der Waals surface area contributed by atoms with Crippen LogP contribution in [-0.2, 0) is 6.61 Å². The van der Waals surface area contributed by atoms with E-state index in [4.69, 9.17) is 9.47 Å². The van der Waals surface area contributed by atoms with Gasteiger partial charge in [-0.25, -0.2) is 0 Å². The van der Waals surface area contributed by atoms with E-state index in [0.717, 1.165) is 11.3 Å². The van der Waals surface area contributed by atoms with Crippen LogP contribution in [0.4, 0.5) is 0 Å². The zero-order chi connectivity index (χ0) is 18.9. The molecule has 27 heavy (non-hydrogen) atoms. The van der Waals surface area contributed by atoms with E-state index in [1.165, 1.54) is 5.56 Å². The molecule has 0 saturated carbocycles. The lowest BCUT2D eigenvalue weighted by atomic mass is 10.2. The maximum Gasteiger partial charge on any atom is 0.251 e. The molecule has 0 atom stereocenters. The monoisotopic (exact) mass is 361 g/mol. The van der Waals surface area contributed by atoms with E-state index in [9.17, 15) is 4.79 Å². The molecule has 0 saturated heterocycles. The molecular formula is C23H23NO3. The van der Waals surface area contributed by atoms with Crippen LogP contribution in [0.1, 0.15) is 21.5 Å². The number of rotatable bonds is 8. The lowest BCUT2D eigenvalue weighted by Gasteiger charge is -2.10. The number of hydrogen-bond donors (Lipinski definition) is 1. The van der Waals surface area contributed by atoms with Crippen LogP contribution in [0.5, 0.6) is 11.5 Å². The van der Waals surface area contributed by atoms with Crippen molar-refractivity contribution in [3.63, 3.8) is 0 Å². The first kappa shape index (κ1) is 18.5. The summed E-state index contributed by atoms with van der Waals surface area (Å²) in [5.41, 5.74) is 2.83. The number of amides is 1. The van der Waals surface area contributed by atoms with Crippen molar-refractivity contribution in [1.82, 2.24) is 5.32 Å². The molecule has 0 unspecified atom stereocenters. The van der Waals surface area contributed by atoms with Gasteiger partial charge in [0.1, 0.15) is 24.7 Å². The van der Waals surface area contributed by atoms with Gasteiger partial charge < -0.3 is 14.8 Å². The smallest absolute Gasteiger partial charge is 0.251 e. The van der Waals surface area contributed by atoms with Crippen LogP contribution in [0.15, 0.2) is 78.9 Å². The molecule has 0 heterocycles. The third-order valence-corrected chi connectivity index (χ3v) is 4.02. The molecule has 0 aliphatic carbocycles. The van der Waals surface area contributed by atoms with Crippen molar-refractivity contribution in [2.45, 2.75) is 13.5 Å². The zero-order valence-corrected chi connectivity index (χ0v) is 15.4. The highest BCUT2D eigenvalue weighted by atomic mass is 16.5. The van der Waals surface area contributed by atoms with Gasteiger partial charge in [-0.1, -0.05) is 54.1 Å². The summed E-state index contributed by atoms with van der Waals surface area (Å²) < 4.78 is 11.4. The molecule has 0 spiro atoms. The van der Waals surface area contributed by atoms with Crippen molar-refractivity contribution in [1.29, 1.82) is 0 Å². The second-order valence-electron chi connectivity index (χ2n) is 6.22. The lowest BCUT2D eigenvalue weighted by molar-refractivity contribution is 0.0946. The molecule has 4 heteroatoms. The van der Waals surface area contributed by atoms with Gasteiger partial charge in [0.25, 0.3) is 5.91 Å². The molecule has 0 aliphatic heterocycles. The van der Waals surface area contributed by atoms with Crippen LogP contribution in [0.3, 0.4) is 0 Å². The number of carbonyl (C=O) groups is 1. The minimum absolute atomic E-state index is 0.146. The summed E-state index contributed by atoms with van der Waals surface area (Å²) in [6.07, 6.45) is 0. The van der Waals surface area contributed by atoms with Crippen LogP contribution in [0, 0.1) is 6.92 Å². The Labute approximate surface area is 159 Å². The van der Waals surface area contributed by atoms with Crippen molar-refractivity contribution in [3.8, 4) is 11.5 Å². The Hall–Kier alpha value is -3.27. The summed E-state index contributed by atoms with van der Waals surface area (Å²) in [7, 11) is 0. The number of aryl methyl sites for hydroxylation is 1. The lowest BCUT2D eigenvalue weighted by Crippen LogP contribution is -2.28. The molecule has 0 fully saturated rings. The number of carbonyl (C=O) groups excluding carboxylic acids is 1. The fourth-order valence-electron chi connectivity index (χ4n) is 2.54. The van der Waals surface area contributed by atoms with Gasteiger partial charge in [-0.05, 0) is 42.8 Å². The van der Waals surface area contributed by atoms with Crippen molar-refractivity contribution in [3.05, 3.63) is 95.6 Å². The Kier molecular flexibility index (Phi) is 6.47. The predicted octanol–water partition coefficient (Wildman–Crippen LogP) is 4.38. The summed E-state index contributed by atoms with van der Waals surface area (Å²) in [5, 5.41) is 2.86. The van der Waals surface area contributed by atoms with Gasteiger partial charge in [0.15, 0.2) is 0 Å². The summed E-state index contributed by atoms with van der Waals surface area (Å²) in [6, 6.07) is 24.9. The fourth-order valence-corrected chi connectivity index (χ4v) is 2.54. The SMILES string of the molecule is Cc1ccc(OCCNC(=O)c2cccc(OCc3ccccc3)c2)cc1. The summed E-state index contributed by atoms with van der Waals surface area (Å²) in [6.45, 7) is 3.35. The van der Waals surface area contributed by atoms with Gasteiger partial charge in [-0.3, -0.25) is 4.79 Å². The molecule has 4 nitrogen and oxygen atoms in total. The van der Waals surface area contributed by atoms with Crippen LogP contribution < -0.4 is 14.8 Å². The first-order chi connectivity index (χ1) is 13.2. The van der Waals surface area contributed by atoms with Crippen LogP contribution in [-0.4, -0.2) is 19.1 Å². The Morgan fingerprint density at radius 1 is 0.852 bits per heavy atom. The maximum absolute atomic E-state index is 12.3. The quantitative estimate of drug-likeness (QED) is 0.606. The molecule has 0 radical (unpaired) electrons. The van der Waals surface area contributed by atoms with Gasteiger partial charge in [-0.15, -0.1) is 0 Å². The molecule has 138 valence electrons. The third kappa shape index (κ3) is 5.89. The van der Waals surface area contributed by atoms with E-state index in [1.54, 1.807) is 12.1 Å². The third-order valence-electron chi connectivity index (χ3n) is 4.02. The molecule has 0 aromatic heterocycles. The van der Waals surface area contributed by atoms with Gasteiger partial charge in [0.2, 0.25) is 0 Å². The van der Waals surface area contributed by atoms with E-state index in [0.29, 0.717) is 31.1 Å². The van der Waals surface area contributed by atoms with E-state index >= 15 is 0 Å². The summed E-state index contributed by atoms with van der Waals surface area (Å²) in [5.74, 6) is 1.32. The second-order valence-corrected chi connectivity index (χ2v) is 6.22. The first-order valence-corrected chi connectivity index (χ1v) is 8.95. The molecular weight excluding hydrogens is 338 g/mol. The fraction of sp³-hybridized carbons (Fsp3) is 0.174.